The Morgan fingerprint density at radius 2 is 1.96 bits per heavy atom. The Kier molecular flexibility index (Phi) is 5.68. The minimum absolute atomic E-state index is 0.0497. The average Bonchev–Trinajstić information content (AvgIpc) is 2.49. The maximum absolute atomic E-state index is 13.3. The molecule has 0 aromatic heterocycles. The smallest absolute Gasteiger partial charge is 0.416 e. The van der Waals surface area contributed by atoms with Crippen LogP contribution >= 0.6 is 0 Å². The Balaban J connectivity index is 2.23. The molecule has 1 aliphatic heterocycles. The average molecular weight is 329 g/mol. The van der Waals surface area contributed by atoms with Gasteiger partial charge >= 0.3 is 12.1 Å². The Morgan fingerprint density at radius 1 is 1.30 bits per heavy atom. The topological polar surface area (TPSA) is 29.5 Å². The Hall–Kier alpha value is -1.56. The van der Waals surface area contributed by atoms with Crippen molar-refractivity contribution in [1.82, 2.24) is 4.90 Å². The number of halogens is 3. The van der Waals surface area contributed by atoms with Crippen molar-refractivity contribution in [2.24, 2.45) is 5.92 Å². The number of piperidine rings is 1. The van der Waals surface area contributed by atoms with E-state index in [1.54, 1.807) is 6.92 Å². The summed E-state index contributed by atoms with van der Waals surface area (Å²) in [6.45, 7) is 3.58. The molecule has 0 spiro atoms. The number of ether oxygens (including phenoxy) is 1. The molecule has 0 saturated carbocycles. The van der Waals surface area contributed by atoms with Gasteiger partial charge < -0.3 is 9.64 Å². The van der Waals surface area contributed by atoms with Crippen LogP contribution in [0.2, 0.25) is 0 Å². The van der Waals surface area contributed by atoms with Crippen molar-refractivity contribution in [3.05, 3.63) is 34.9 Å². The molecular formula is C17H22F3NO2. The standard InChI is InChI=1S/C17H22F3NO2/c1-3-23-16(22)14-5-4-13(15(11-14)17(18,19)20)10-12-6-8-21(2)9-7-12/h4-5,11-12H,3,6-10H2,1-2H3. The first-order chi connectivity index (χ1) is 10.8. The van der Waals surface area contributed by atoms with Gasteiger partial charge in [-0.3, -0.25) is 0 Å². The second-order valence-corrected chi connectivity index (χ2v) is 6.04. The lowest BCUT2D eigenvalue weighted by molar-refractivity contribution is -0.138. The monoisotopic (exact) mass is 329 g/mol. The third-order valence-corrected chi connectivity index (χ3v) is 4.27. The molecule has 0 aliphatic carbocycles. The van der Waals surface area contributed by atoms with Crippen LogP contribution in [0.5, 0.6) is 0 Å². The normalized spacial score (nSPS) is 17.3. The zero-order valence-corrected chi connectivity index (χ0v) is 13.4. The molecule has 0 atom stereocenters. The van der Waals surface area contributed by atoms with Crippen molar-refractivity contribution >= 4 is 5.97 Å². The first-order valence-corrected chi connectivity index (χ1v) is 7.87. The largest absolute Gasteiger partial charge is 0.462 e. The fourth-order valence-corrected chi connectivity index (χ4v) is 2.94. The lowest BCUT2D eigenvalue weighted by Crippen LogP contribution is -2.31. The molecular weight excluding hydrogens is 307 g/mol. The maximum Gasteiger partial charge on any atom is 0.416 e. The quantitative estimate of drug-likeness (QED) is 0.788. The molecule has 3 nitrogen and oxygen atoms in total. The highest BCUT2D eigenvalue weighted by Gasteiger charge is 2.35. The van der Waals surface area contributed by atoms with Crippen molar-refractivity contribution < 1.29 is 22.7 Å². The fourth-order valence-electron chi connectivity index (χ4n) is 2.94. The fraction of sp³-hybridized carbons (Fsp3) is 0.588. The molecule has 1 aromatic carbocycles. The number of rotatable bonds is 4. The van der Waals surface area contributed by atoms with E-state index in [1.807, 2.05) is 7.05 Å². The van der Waals surface area contributed by atoms with E-state index in [0.29, 0.717) is 6.42 Å². The van der Waals surface area contributed by atoms with Crippen molar-refractivity contribution in [2.75, 3.05) is 26.7 Å². The molecule has 0 bridgehead atoms. The Labute approximate surface area is 134 Å². The molecule has 2 rings (SSSR count). The van der Waals surface area contributed by atoms with Crippen molar-refractivity contribution in [1.29, 1.82) is 0 Å². The highest BCUT2D eigenvalue weighted by molar-refractivity contribution is 5.89. The predicted molar refractivity (Wildman–Crippen MR) is 81.3 cm³/mol. The van der Waals surface area contributed by atoms with E-state index >= 15 is 0 Å². The number of hydrogen-bond donors (Lipinski definition) is 0. The van der Waals surface area contributed by atoms with Gasteiger partial charge in [-0.25, -0.2) is 4.79 Å². The van der Waals surface area contributed by atoms with Crippen molar-refractivity contribution in [3.63, 3.8) is 0 Å². The number of carbonyl (C=O) groups excluding carboxylic acids is 1. The number of hydrogen-bond acceptors (Lipinski definition) is 3. The van der Waals surface area contributed by atoms with Gasteiger partial charge in [0.2, 0.25) is 0 Å². The molecule has 1 saturated heterocycles. The van der Waals surface area contributed by atoms with E-state index in [9.17, 15) is 18.0 Å². The summed E-state index contributed by atoms with van der Waals surface area (Å²) in [5, 5.41) is 0. The summed E-state index contributed by atoms with van der Waals surface area (Å²) < 4.78 is 44.8. The lowest BCUT2D eigenvalue weighted by atomic mass is 9.88. The second kappa shape index (κ2) is 7.34. The summed E-state index contributed by atoms with van der Waals surface area (Å²) in [5.41, 5.74) is -0.506. The van der Waals surface area contributed by atoms with Gasteiger partial charge in [0.1, 0.15) is 0 Å². The SMILES string of the molecule is CCOC(=O)c1ccc(CC2CCN(C)CC2)c(C(F)(F)F)c1. The third kappa shape index (κ3) is 4.70. The Morgan fingerprint density at radius 3 is 2.52 bits per heavy atom. The van der Waals surface area contributed by atoms with Crippen LogP contribution in [0.4, 0.5) is 13.2 Å². The Bertz CT molecular complexity index is 549. The highest BCUT2D eigenvalue weighted by Crippen LogP contribution is 2.35. The second-order valence-electron chi connectivity index (χ2n) is 6.04. The van der Waals surface area contributed by atoms with Crippen molar-refractivity contribution in [3.8, 4) is 0 Å². The van der Waals surface area contributed by atoms with Gasteiger partial charge in [0, 0.05) is 0 Å². The van der Waals surface area contributed by atoms with Crippen LogP contribution in [-0.4, -0.2) is 37.6 Å². The predicted octanol–water partition coefficient (Wildman–Crippen LogP) is 3.77. The number of likely N-dealkylation sites (tertiary alicyclic amines) is 1. The minimum Gasteiger partial charge on any atom is -0.462 e. The van der Waals surface area contributed by atoms with Crippen LogP contribution < -0.4 is 0 Å². The van der Waals surface area contributed by atoms with Crippen LogP contribution in [0.1, 0.15) is 41.3 Å². The highest BCUT2D eigenvalue weighted by atomic mass is 19.4. The molecule has 1 fully saturated rings. The molecule has 1 aliphatic rings. The van der Waals surface area contributed by atoms with E-state index in [-0.39, 0.29) is 23.7 Å². The number of carbonyl (C=O) groups is 1. The molecule has 128 valence electrons. The summed E-state index contributed by atoms with van der Waals surface area (Å²) in [4.78, 5) is 13.9. The van der Waals surface area contributed by atoms with Crippen molar-refractivity contribution in [2.45, 2.75) is 32.4 Å². The van der Waals surface area contributed by atoms with Crippen LogP contribution in [-0.2, 0) is 17.3 Å². The van der Waals surface area contributed by atoms with Crippen LogP contribution in [0.3, 0.4) is 0 Å². The summed E-state index contributed by atoms with van der Waals surface area (Å²) in [6.07, 6.45) is -2.28. The van der Waals surface area contributed by atoms with Gasteiger partial charge in [-0.2, -0.15) is 13.2 Å². The molecule has 0 radical (unpaired) electrons. The zero-order chi connectivity index (χ0) is 17.0. The third-order valence-electron chi connectivity index (χ3n) is 4.27. The number of benzene rings is 1. The zero-order valence-electron chi connectivity index (χ0n) is 13.4. The van der Waals surface area contributed by atoms with Crippen LogP contribution in [0.25, 0.3) is 0 Å². The molecule has 1 heterocycles. The molecule has 0 N–H and O–H groups in total. The molecule has 1 aromatic rings. The maximum atomic E-state index is 13.3. The molecule has 0 unspecified atom stereocenters. The molecule has 6 heteroatoms. The van der Waals surface area contributed by atoms with E-state index in [2.05, 4.69) is 4.90 Å². The summed E-state index contributed by atoms with van der Waals surface area (Å²) in [6, 6.07) is 3.77. The molecule has 23 heavy (non-hydrogen) atoms. The van der Waals surface area contributed by atoms with Gasteiger partial charge in [0.25, 0.3) is 0 Å². The van der Waals surface area contributed by atoms with E-state index < -0.39 is 17.7 Å². The number of esters is 1. The summed E-state index contributed by atoms with van der Waals surface area (Å²) >= 11 is 0. The summed E-state index contributed by atoms with van der Waals surface area (Å²) in [7, 11) is 2.02. The minimum atomic E-state index is -4.47. The number of alkyl halides is 3. The summed E-state index contributed by atoms with van der Waals surface area (Å²) in [5.74, 6) is -0.468. The van der Waals surface area contributed by atoms with Gasteiger partial charge in [-0.05, 0) is 69.9 Å². The first-order valence-electron chi connectivity index (χ1n) is 7.87. The van der Waals surface area contributed by atoms with Crippen LogP contribution in [0.15, 0.2) is 18.2 Å². The van der Waals surface area contributed by atoms with Gasteiger partial charge in [-0.15, -0.1) is 0 Å². The molecule has 0 amide bonds. The number of nitrogens with zero attached hydrogens (tertiary/aromatic N) is 1. The van der Waals surface area contributed by atoms with E-state index in [1.165, 1.54) is 12.1 Å². The van der Waals surface area contributed by atoms with Gasteiger partial charge in [0.05, 0.1) is 17.7 Å². The van der Waals surface area contributed by atoms with E-state index in [4.69, 9.17) is 4.74 Å². The van der Waals surface area contributed by atoms with E-state index in [0.717, 1.165) is 32.0 Å². The van der Waals surface area contributed by atoms with Gasteiger partial charge in [-0.1, -0.05) is 6.07 Å². The lowest BCUT2D eigenvalue weighted by Gasteiger charge is -2.29. The van der Waals surface area contributed by atoms with Gasteiger partial charge in [0.15, 0.2) is 0 Å². The van der Waals surface area contributed by atoms with Crippen LogP contribution in [0, 0.1) is 5.92 Å². The first kappa shape index (κ1) is 17.8.